The second-order valence-electron chi connectivity index (χ2n) is 14.9. The maximum atomic E-state index is 15.1. The number of ether oxygens (including phenoxy) is 1. The van der Waals surface area contributed by atoms with Crippen LogP contribution in [0.4, 0.5) is 5.82 Å². The molecule has 276 valence electrons. The number of carbonyl (C=O) groups is 4. The minimum Gasteiger partial charge on any atom is -0.504 e. The SMILES string of the molecule is CCOc1cc([C@H]2C3=CC[C@@H]4C(=O)N(Cc5cccs5)C(=O)[C@@H]4[C@@H]3C[C@H]3C(=O)N(c4cc(-c5sc6ccc(Cl)cc6c5C)nn4C)C(=O)[C@@]23C)ccc1O. The van der Waals surface area contributed by atoms with Gasteiger partial charge in [0.1, 0.15) is 11.5 Å². The highest BCUT2D eigenvalue weighted by Gasteiger charge is 2.68. The molecule has 9 rings (SSSR count). The molecular weight excluding hydrogens is 744 g/mol. The molecule has 3 aromatic heterocycles. The van der Waals surface area contributed by atoms with E-state index < -0.39 is 35.0 Å². The summed E-state index contributed by atoms with van der Waals surface area (Å²) >= 11 is 9.39. The zero-order valence-corrected chi connectivity index (χ0v) is 32.4. The molecule has 5 aromatic rings. The number of carbonyl (C=O) groups excluding carboxylic acids is 4. The number of benzene rings is 2. The van der Waals surface area contributed by atoms with Crippen molar-refractivity contribution in [1.82, 2.24) is 14.7 Å². The topological polar surface area (TPSA) is 122 Å². The van der Waals surface area contributed by atoms with Crippen LogP contribution in [0.25, 0.3) is 20.7 Å². The van der Waals surface area contributed by atoms with Crippen LogP contribution >= 0.6 is 34.3 Å². The lowest BCUT2D eigenvalue weighted by molar-refractivity contribution is -0.141. The average Bonchev–Trinajstić information content (AvgIpc) is 3.96. The monoisotopic (exact) mass is 780 g/mol. The quantitative estimate of drug-likeness (QED) is 0.132. The molecule has 4 amide bonds. The first kappa shape index (κ1) is 35.0. The number of likely N-dealkylation sites (tertiary alicyclic amines) is 1. The van der Waals surface area contributed by atoms with Crippen LogP contribution in [0.5, 0.6) is 11.5 Å². The third-order valence-electron chi connectivity index (χ3n) is 12.1. The highest BCUT2D eigenvalue weighted by molar-refractivity contribution is 7.22. The first-order chi connectivity index (χ1) is 25.9. The highest BCUT2D eigenvalue weighted by atomic mass is 35.5. The van der Waals surface area contributed by atoms with Crippen LogP contribution < -0.4 is 9.64 Å². The number of fused-ring (bicyclic) bond motifs is 5. The van der Waals surface area contributed by atoms with Gasteiger partial charge in [-0.05, 0) is 97.8 Å². The molecule has 0 radical (unpaired) electrons. The molecule has 0 bridgehead atoms. The van der Waals surface area contributed by atoms with Gasteiger partial charge < -0.3 is 9.84 Å². The number of hydrogen-bond acceptors (Lipinski definition) is 9. The number of anilines is 1. The van der Waals surface area contributed by atoms with E-state index in [1.54, 1.807) is 47.3 Å². The lowest BCUT2D eigenvalue weighted by Crippen LogP contribution is -2.48. The van der Waals surface area contributed by atoms with Crippen LogP contribution in [0.1, 0.15) is 48.6 Å². The Morgan fingerprint density at radius 3 is 2.61 bits per heavy atom. The van der Waals surface area contributed by atoms with Crippen LogP contribution in [0.15, 0.2) is 71.6 Å². The number of imide groups is 2. The van der Waals surface area contributed by atoms with Gasteiger partial charge in [-0.15, -0.1) is 22.7 Å². The average molecular weight is 781 g/mol. The first-order valence-electron chi connectivity index (χ1n) is 18.1. The van der Waals surface area contributed by atoms with Gasteiger partial charge in [0.25, 0.3) is 0 Å². The van der Waals surface area contributed by atoms with E-state index in [-0.39, 0.29) is 48.1 Å². The summed E-state index contributed by atoms with van der Waals surface area (Å²) in [5.74, 6) is -3.66. The second kappa shape index (κ2) is 12.6. The summed E-state index contributed by atoms with van der Waals surface area (Å²) in [5.41, 5.74) is 1.95. The summed E-state index contributed by atoms with van der Waals surface area (Å²) in [6.45, 7) is 6.21. The Hall–Kier alpha value is -4.78. The molecule has 2 aromatic carbocycles. The van der Waals surface area contributed by atoms with Crippen LogP contribution in [0, 0.1) is 36.0 Å². The fraction of sp³-hybridized carbons (Fsp3) is 0.341. The van der Waals surface area contributed by atoms with E-state index in [0.717, 1.165) is 31.0 Å². The van der Waals surface area contributed by atoms with E-state index in [1.165, 1.54) is 21.1 Å². The third-order valence-corrected chi connectivity index (χ3v) is 14.5. The fourth-order valence-electron chi connectivity index (χ4n) is 9.59. The number of amides is 4. The van der Waals surface area contributed by atoms with E-state index >= 15 is 4.79 Å². The molecule has 54 heavy (non-hydrogen) atoms. The van der Waals surface area contributed by atoms with Crippen molar-refractivity contribution in [2.45, 2.75) is 46.1 Å². The molecule has 3 fully saturated rings. The Kier molecular flexibility index (Phi) is 8.18. The first-order valence-corrected chi connectivity index (χ1v) is 20.1. The van der Waals surface area contributed by atoms with Gasteiger partial charge in [-0.3, -0.25) is 28.8 Å². The number of aromatic hydroxyl groups is 1. The predicted octanol–water partition coefficient (Wildman–Crippen LogP) is 7.86. The molecule has 6 atom stereocenters. The summed E-state index contributed by atoms with van der Waals surface area (Å²) < 4.78 is 8.43. The molecular formula is C41H37ClN4O6S2. The van der Waals surface area contributed by atoms with Crippen LogP contribution in [0.3, 0.4) is 0 Å². The Morgan fingerprint density at radius 1 is 1.04 bits per heavy atom. The summed E-state index contributed by atoms with van der Waals surface area (Å²) in [6.07, 6.45) is 2.63. The minimum absolute atomic E-state index is 0.0372. The molecule has 4 aliphatic rings. The van der Waals surface area contributed by atoms with Gasteiger partial charge in [0.15, 0.2) is 11.5 Å². The minimum atomic E-state index is -1.26. The van der Waals surface area contributed by atoms with Gasteiger partial charge in [-0.2, -0.15) is 5.10 Å². The lowest BCUT2D eigenvalue weighted by Gasteiger charge is -2.49. The number of hydrogen-bond donors (Lipinski definition) is 1. The van der Waals surface area contributed by atoms with E-state index in [4.69, 9.17) is 21.4 Å². The summed E-state index contributed by atoms with van der Waals surface area (Å²) in [5, 5.41) is 19.1. The lowest BCUT2D eigenvalue weighted by atomic mass is 9.51. The van der Waals surface area contributed by atoms with E-state index in [9.17, 15) is 19.5 Å². The van der Waals surface area contributed by atoms with Crippen molar-refractivity contribution in [3.63, 3.8) is 0 Å². The van der Waals surface area contributed by atoms with E-state index in [2.05, 4.69) is 0 Å². The van der Waals surface area contributed by atoms with Gasteiger partial charge in [-0.1, -0.05) is 35.4 Å². The molecule has 10 nitrogen and oxygen atoms in total. The standard InChI is InChI=1S/C41H37ClN4O6S2/c1-5-52-31-15-21(8-12-30(31)47)35-24-10-11-25-34(39(50)45(37(25)48)19-23-7-6-14-53-23)27(24)17-28-38(49)46(40(51)41(28,35)3)33-18-29(43-44(33)4)36-20(2)26-16-22(42)9-13-32(26)54-36/h6-10,12-16,18,25,27-28,34-35,47H,5,11,17,19H2,1-4H3/t25-,27+,28-,34-,35-,41+/m0/s1. The van der Waals surface area contributed by atoms with Crippen LogP contribution in [-0.4, -0.2) is 50.0 Å². The van der Waals surface area contributed by atoms with Crippen molar-refractivity contribution in [3.8, 4) is 22.1 Å². The number of phenols is 1. The Bertz CT molecular complexity index is 2450. The molecule has 0 unspecified atom stereocenters. The number of halogens is 1. The Balaban J connectivity index is 1.15. The number of aryl methyl sites for hydroxylation is 2. The largest absolute Gasteiger partial charge is 0.504 e. The van der Waals surface area contributed by atoms with Crippen molar-refractivity contribution >= 4 is 73.8 Å². The van der Waals surface area contributed by atoms with Gasteiger partial charge >= 0.3 is 0 Å². The molecule has 2 saturated heterocycles. The molecule has 2 aliphatic carbocycles. The van der Waals surface area contributed by atoms with Crippen molar-refractivity contribution in [1.29, 1.82) is 0 Å². The maximum Gasteiger partial charge on any atom is 0.242 e. The second-order valence-corrected chi connectivity index (χ2v) is 17.4. The molecule has 1 N–H and O–H groups in total. The summed E-state index contributed by atoms with van der Waals surface area (Å²) in [7, 11) is 1.73. The van der Waals surface area contributed by atoms with Crippen molar-refractivity contribution < 1.29 is 29.0 Å². The van der Waals surface area contributed by atoms with Crippen molar-refractivity contribution in [2.75, 3.05) is 11.5 Å². The summed E-state index contributed by atoms with van der Waals surface area (Å²) in [6, 6.07) is 16.4. The zero-order valence-electron chi connectivity index (χ0n) is 30.0. The predicted molar refractivity (Wildman–Crippen MR) is 208 cm³/mol. The molecule has 0 spiro atoms. The molecule has 2 aliphatic heterocycles. The normalized spacial score (nSPS) is 26.4. The van der Waals surface area contributed by atoms with Crippen molar-refractivity contribution in [3.05, 3.63) is 92.7 Å². The van der Waals surface area contributed by atoms with Gasteiger partial charge in [-0.25, -0.2) is 4.90 Å². The van der Waals surface area contributed by atoms with E-state index in [0.29, 0.717) is 35.1 Å². The number of aromatic nitrogens is 2. The number of nitrogens with zero attached hydrogens (tertiary/aromatic N) is 4. The van der Waals surface area contributed by atoms with E-state index in [1.807, 2.05) is 62.6 Å². The number of thiophene rings is 2. The maximum absolute atomic E-state index is 15.1. The number of phenolic OH excluding ortho intramolecular Hbond substituents is 1. The smallest absolute Gasteiger partial charge is 0.242 e. The van der Waals surface area contributed by atoms with Crippen LogP contribution in [-0.2, 0) is 32.8 Å². The van der Waals surface area contributed by atoms with Crippen LogP contribution in [0.2, 0.25) is 5.02 Å². The molecule has 5 heterocycles. The Labute approximate surface area is 324 Å². The Morgan fingerprint density at radius 2 is 1.85 bits per heavy atom. The number of rotatable bonds is 7. The van der Waals surface area contributed by atoms with Gasteiger partial charge in [0.05, 0.1) is 41.2 Å². The summed E-state index contributed by atoms with van der Waals surface area (Å²) in [4.78, 5) is 62.7. The van der Waals surface area contributed by atoms with Gasteiger partial charge in [0.2, 0.25) is 23.6 Å². The molecule has 1 saturated carbocycles. The fourth-order valence-corrected chi connectivity index (χ4v) is 11.6. The van der Waals surface area contributed by atoms with Crippen molar-refractivity contribution in [2.24, 2.45) is 36.1 Å². The molecule has 13 heteroatoms. The zero-order chi connectivity index (χ0) is 37.8. The number of allylic oxidation sites excluding steroid dienone is 2. The highest BCUT2D eigenvalue weighted by Crippen LogP contribution is 2.64. The van der Waals surface area contributed by atoms with Gasteiger partial charge in [0, 0.05) is 33.6 Å². The third kappa shape index (κ3) is 4.99.